The highest BCUT2D eigenvalue weighted by Crippen LogP contribution is 2.61. The first-order valence-electron chi connectivity index (χ1n) is 17.0. The summed E-state index contributed by atoms with van der Waals surface area (Å²) in [4.78, 5) is 40.3. The van der Waals surface area contributed by atoms with Gasteiger partial charge < -0.3 is 20.1 Å². The Balaban J connectivity index is 2.14. The van der Waals surface area contributed by atoms with E-state index in [1.54, 1.807) is 0 Å². The Morgan fingerprint density at radius 3 is 1.07 bits per heavy atom. The third-order valence-corrected chi connectivity index (χ3v) is 12.2. The Kier molecular flexibility index (Phi) is 10.8. The lowest BCUT2D eigenvalue weighted by molar-refractivity contribution is -0.243. The molecule has 0 aromatic rings. The van der Waals surface area contributed by atoms with E-state index in [4.69, 9.17) is 4.74 Å². The molecule has 3 N–H and O–H groups in total. The predicted molar refractivity (Wildman–Crippen MR) is 169 cm³/mol. The largest absolute Gasteiger partial charge is 0.481 e. The molecule has 3 fully saturated rings. The highest BCUT2D eigenvalue weighted by atomic mass is 16.5. The number of hydrogen-bond acceptors (Lipinski definition) is 4. The van der Waals surface area contributed by atoms with E-state index in [-0.39, 0.29) is 16.2 Å². The molecule has 0 aromatic heterocycles. The second-order valence-corrected chi connectivity index (χ2v) is 17.7. The van der Waals surface area contributed by atoms with Crippen LogP contribution in [0.5, 0.6) is 0 Å². The van der Waals surface area contributed by atoms with Crippen molar-refractivity contribution >= 4 is 17.9 Å². The van der Waals surface area contributed by atoms with Gasteiger partial charge in [0.15, 0.2) is 5.60 Å². The van der Waals surface area contributed by atoms with Gasteiger partial charge in [0, 0.05) is 0 Å². The van der Waals surface area contributed by atoms with E-state index in [9.17, 15) is 29.7 Å². The van der Waals surface area contributed by atoms with Crippen molar-refractivity contribution in [2.45, 2.75) is 157 Å². The summed E-state index contributed by atoms with van der Waals surface area (Å²) in [7, 11) is 0. The standard InChI is InChI=1S/C36H62O7/c1-32(2,3)23-10-14-26(15-11-23)36(31(41)42,27-16-12-24(13-17-27)33(4,5)6)35(30(39)40,22-29(37)38)43-28-20-18-25(19-21-28)34(7,8)9/h23-28H,10-22H2,1-9H3,(H,37,38)(H,39,40)(H,41,42). The number of ether oxygens (including phenoxy) is 1. The summed E-state index contributed by atoms with van der Waals surface area (Å²) < 4.78 is 6.67. The molecule has 3 aliphatic carbocycles. The maximum Gasteiger partial charge on any atom is 0.337 e. The first-order chi connectivity index (χ1) is 19.7. The molecule has 0 saturated heterocycles. The fourth-order valence-corrected chi connectivity index (χ4v) is 9.48. The third kappa shape index (κ3) is 7.44. The van der Waals surface area contributed by atoms with Crippen molar-refractivity contribution in [3.63, 3.8) is 0 Å². The van der Waals surface area contributed by atoms with Crippen LogP contribution in [0.3, 0.4) is 0 Å². The molecule has 43 heavy (non-hydrogen) atoms. The Bertz CT molecular complexity index is 939. The van der Waals surface area contributed by atoms with Crippen LogP contribution in [0.15, 0.2) is 0 Å². The maximum atomic E-state index is 14.0. The van der Waals surface area contributed by atoms with Gasteiger partial charge in [-0.2, -0.15) is 0 Å². The molecular weight excluding hydrogens is 544 g/mol. The molecular formula is C36H62O7. The second-order valence-electron chi connectivity index (χ2n) is 17.7. The Labute approximate surface area is 260 Å². The van der Waals surface area contributed by atoms with Crippen LogP contribution in [0.25, 0.3) is 0 Å². The van der Waals surface area contributed by atoms with Crippen LogP contribution >= 0.6 is 0 Å². The number of carbonyl (C=O) groups is 3. The van der Waals surface area contributed by atoms with E-state index in [2.05, 4.69) is 62.3 Å². The maximum absolute atomic E-state index is 14.0. The minimum absolute atomic E-state index is 0.0643. The van der Waals surface area contributed by atoms with Crippen LogP contribution in [0.1, 0.15) is 146 Å². The molecule has 248 valence electrons. The monoisotopic (exact) mass is 606 g/mol. The normalized spacial score (nSPS) is 32.3. The fourth-order valence-electron chi connectivity index (χ4n) is 9.48. The lowest BCUT2D eigenvalue weighted by Gasteiger charge is -2.57. The van der Waals surface area contributed by atoms with Gasteiger partial charge in [-0.1, -0.05) is 62.3 Å². The summed E-state index contributed by atoms with van der Waals surface area (Å²) in [5.41, 5.74) is -3.94. The van der Waals surface area contributed by atoms with Crippen molar-refractivity contribution in [3.8, 4) is 0 Å². The topological polar surface area (TPSA) is 121 Å². The molecule has 0 radical (unpaired) electrons. The molecule has 1 atom stereocenters. The highest BCUT2D eigenvalue weighted by Gasteiger charge is 2.71. The smallest absolute Gasteiger partial charge is 0.337 e. The van der Waals surface area contributed by atoms with Crippen LogP contribution in [-0.4, -0.2) is 44.9 Å². The van der Waals surface area contributed by atoms with Gasteiger partial charge in [-0.05, 0) is 123 Å². The summed E-state index contributed by atoms with van der Waals surface area (Å²) in [5.74, 6) is -3.61. The summed E-state index contributed by atoms with van der Waals surface area (Å²) in [6.45, 7) is 19.9. The number of carboxylic acid groups (broad SMARTS) is 3. The summed E-state index contributed by atoms with van der Waals surface area (Å²) in [6, 6.07) is 0. The van der Waals surface area contributed by atoms with E-state index in [0.29, 0.717) is 56.3 Å². The van der Waals surface area contributed by atoms with Crippen LogP contribution in [0.2, 0.25) is 0 Å². The van der Waals surface area contributed by atoms with Gasteiger partial charge in [0.25, 0.3) is 0 Å². The van der Waals surface area contributed by atoms with Crippen LogP contribution < -0.4 is 0 Å². The number of aliphatic carboxylic acids is 3. The molecule has 3 saturated carbocycles. The fraction of sp³-hybridized carbons (Fsp3) is 0.917. The molecule has 0 aromatic carbocycles. The van der Waals surface area contributed by atoms with E-state index in [1.807, 2.05) is 0 Å². The zero-order valence-corrected chi connectivity index (χ0v) is 28.6. The Morgan fingerprint density at radius 2 is 0.814 bits per heavy atom. The van der Waals surface area contributed by atoms with Crippen molar-refractivity contribution in [1.82, 2.24) is 0 Å². The molecule has 0 aliphatic heterocycles. The van der Waals surface area contributed by atoms with E-state index in [0.717, 1.165) is 38.5 Å². The SMILES string of the molecule is CC(C)(C)C1CCC(OC(CC(=O)O)(C(=O)O)C(C(=O)O)(C2CCC(C(C)(C)C)CC2)C2CCC(C(C)(C)C)CC2)CC1. The predicted octanol–water partition coefficient (Wildman–Crippen LogP) is 8.68. The number of hydrogen-bond donors (Lipinski definition) is 3. The summed E-state index contributed by atoms with van der Waals surface area (Å²) >= 11 is 0. The molecule has 7 nitrogen and oxygen atoms in total. The van der Waals surface area contributed by atoms with Crippen LogP contribution in [-0.2, 0) is 19.1 Å². The Morgan fingerprint density at radius 1 is 0.512 bits per heavy atom. The zero-order chi connectivity index (χ0) is 32.6. The molecule has 3 aliphatic rings. The molecule has 0 heterocycles. The van der Waals surface area contributed by atoms with Gasteiger partial charge in [0.1, 0.15) is 5.41 Å². The lowest BCUT2D eigenvalue weighted by atomic mass is 9.48. The minimum Gasteiger partial charge on any atom is -0.481 e. The van der Waals surface area contributed by atoms with Crippen molar-refractivity contribution in [1.29, 1.82) is 0 Å². The van der Waals surface area contributed by atoms with Crippen molar-refractivity contribution in [2.75, 3.05) is 0 Å². The lowest BCUT2D eigenvalue weighted by Crippen LogP contribution is -2.68. The Hall–Kier alpha value is -1.63. The van der Waals surface area contributed by atoms with Crippen molar-refractivity contribution in [3.05, 3.63) is 0 Å². The summed E-state index contributed by atoms with van der Waals surface area (Å²) in [6.07, 6.45) is 7.11. The average Bonchev–Trinajstić information content (AvgIpc) is 2.87. The quantitative estimate of drug-likeness (QED) is 0.240. The van der Waals surface area contributed by atoms with Gasteiger partial charge in [0.05, 0.1) is 12.5 Å². The van der Waals surface area contributed by atoms with E-state index < -0.39 is 53.3 Å². The van der Waals surface area contributed by atoms with Gasteiger partial charge in [-0.15, -0.1) is 0 Å². The number of rotatable bonds is 9. The molecule has 7 heteroatoms. The molecule has 0 amide bonds. The van der Waals surface area contributed by atoms with Crippen molar-refractivity contribution < 1.29 is 34.4 Å². The molecule has 1 unspecified atom stereocenters. The van der Waals surface area contributed by atoms with E-state index in [1.165, 1.54) is 0 Å². The number of carboxylic acids is 3. The van der Waals surface area contributed by atoms with Gasteiger partial charge in [-0.3, -0.25) is 9.59 Å². The zero-order valence-electron chi connectivity index (χ0n) is 28.6. The van der Waals surface area contributed by atoms with Crippen molar-refractivity contribution in [2.24, 2.45) is 51.2 Å². The average molecular weight is 607 g/mol. The van der Waals surface area contributed by atoms with E-state index >= 15 is 0 Å². The second kappa shape index (κ2) is 13.0. The molecule has 0 spiro atoms. The first-order valence-corrected chi connectivity index (χ1v) is 17.0. The highest BCUT2D eigenvalue weighted by molar-refractivity contribution is 5.93. The molecule has 3 rings (SSSR count). The van der Waals surface area contributed by atoms with Gasteiger partial charge in [-0.25, -0.2) is 4.79 Å². The minimum atomic E-state index is -2.34. The van der Waals surface area contributed by atoms with Gasteiger partial charge >= 0.3 is 17.9 Å². The first kappa shape index (κ1) is 35.8. The van der Waals surface area contributed by atoms with Crippen LogP contribution in [0, 0.1) is 51.2 Å². The van der Waals surface area contributed by atoms with Gasteiger partial charge in [0.2, 0.25) is 0 Å². The van der Waals surface area contributed by atoms with Crippen LogP contribution in [0.4, 0.5) is 0 Å². The third-order valence-electron chi connectivity index (χ3n) is 12.2. The molecule has 0 bridgehead atoms. The summed E-state index contributed by atoms with van der Waals surface area (Å²) in [5, 5.41) is 32.8.